The summed E-state index contributed by atoms with van der Waals surface area (Å²) in [6.07, 6.45) is 3.63. The van der Waals surface area contributed by atoms with E-state index in [0.717, 1.165) is 0 Å². The van der Waals surface area contributed by atoms with Crippen molar-refractivity contribution in [1.82, 2.24) is 4.59 Å². The molecule has 1 N–H and O–H groups in total. The number of hydrogen-bond acceptors (Lipinski definition) is 2. The molecule has 0 aromatic heterocycles. The molecule has 0 radical (unpaired) electrons. The van der Waals surface area contributed by atoms with Crippen molar-refractivity contribution in [3.05, 3.63) is 42.6 Å². The van der Waals surface area contributed by atoms with Crippen molar-refractivity contribution in [3.63, 3.8) is 0 Å². The van der Waals surface area contributed by atoms with Gasteiger partial charge in [0.05, 0.1) is 6.21 Å². The first-order valence-corrected chi connectivity index (χ1v) is 4.17. The fraction of sp³-hybridized carbons (Fsp3) is 0. The molecule has 0 saturated carbocycles. The Morgan fingerprint density at radius 3 is 2.50 bits per heavy atom. The Bertz CT molecular complexity index is 397. The molecule has 0 spiro atoms. The molecule has 14 heavy (non-hydrogen) atoms. The second kappa shape index (κ2) is 3.08. The lowest BCUT2D eigenvalue weighted by molar-refractivity contribution is 0.166. The van der Waals surface area contributed by atoms with Crippen molar-refractivity contribution in [3.8, 4) is 0 Å². The molecule has 1 aliphatic heterocycles. The summed E-state index contributed by atoms with van der Waals surface area (Å²) < 4.78 is -0.499. The monoisotopic (exact) mass is 189 g/mol. The minimum absolute atomic E-state index is 0.499. The van der Waals surface area contributed by atoms with E-state index in [1.165, 1.54) is 12.4 Å². The van der Waals surface area contributed by atoms with E-state index >= 15 is 0 Å². The molecular formula is C10H9N2O2+. The van der Waals surface area contributed by atoms with Gasteiger partial charge in [-0.2, -0.15) is 4.79 Å². The van der Waals surface area contributed by atoms with Gasteiger partial charge >= 0.3 is 6.09 Å². The highest BCUT2D eigenvalue weighted by Gasteiger charge is 2.40. The van der Waals surface area contributed by atoms with E-state index in [1.807, 2.05) is 6.07 Å². The lowest BCUT2D eigenvalue weighted by Crippen LogP contribution is -2.41. The Kier molecular flexibility index (Phi) is 1.90. The summed E-state index contributed by atoms with van der Waals surface area (Å²) in [6, 6.07) is 8.90. The van der Waals surface area contributed by atoms with E-state index < -0.39 is 10.7 Å². The number of rotatable bonds is 1. The van der Waals surface area contributed by atoms with Crippen molar-refractivity contribution < 1.29 is 9.90 Å². The van der Waals surface area contributed by atoms with Crippen LogP contribution in [0.5, 0.6) is 0 Å². The van der Waals surface area contributed by atoms with Gasteiger partial charge in [0, 0.05) is 18.2 Å². The second-order valence-corrected chi connectivity index (χ2v) is 2.91. The molecule has 2 rings (SSSR count). The highest BCUT2D eigenvalue weighted by molar-refractivity contribution is 5.89. The average molecular weight is 189 g/mol. The second-order valence-electron chi connectivity index (χ2n) is 2.91. The first kappa shape index (κ1) is 8.65. The molecule has 1 aromatic carbocycles. The lowest BCUT2D eigenvalue weighted by Gasteiger charge is -2.17. The Morgan fingerprint density at radius 1 is 1.29 bits per heavy atom. The summed E-state index contributed by atoms with van der Waals surface area (Å²) in [7, 11) is 0. The van der Waals surface area contributed by atoms with Crippen molar-refractivity contribution >= 4 is 18.0 Å². The quantitative estimate of drug-likeness (QED) is 0.688. The van der Waals surface area contributed by atoms with Crippen LogP contribution in [0.2, 0.25) is 0 Å². The minimum Gasteiger partial charge on any atom is -0.433 e. The van der Waals surface area contributed by atoms with Crippen molar-refractivity contribution in [1.29, 1.82) is 0 Å². The van der Waals surface area contributed by atoms with E-state index in [0.29, 0.717) is 5.69 Å². The predicted octanol–water partition coefficient (Wildman–Crippen LogP) is 2.19. The number of para-hydroxylation sites is 1. The fourth-order valence-corrected chi connectivity index (χ4v) is 1.38. The molecule has 1 aromatic rings. The zero-order valence-electron chi connectivity index (χ0n) is 7.37. The van der Waals surface area contributed by atoms with E-state index in [4.69, 9.17) is 5.11 Å². The van der Waals surface area contributed by atoms with Gasteiger partial charge < -0.3 is 5.11 Å². The number of carboxylic acid groups (broad SMARTS) is 1. The van der Waals surface area contributed by atoms with Crippen LogP contribution in [0.3, 0.4) is 0 Å². The lowest BCUT2D eigenvalue weighted by atomic mass is 10.3. The molecule has 70 valence electrons. The Labute approximate surface area is 81.0 Å². The molecule has 1 atom stereocenters. The van der Waals surface area contributed by atoms with Crippen LogP contribution in [-0.2, 0) is 0 Å². The van der Waals surface area contributed by atoms with Crippen LogP contribution in [0.4, 0.5) is 10.5 Å². The molecule has 0 saturated heterocycles. The van der Waals surface area contributed by atoms with E-state index in [-0.39, 0.29) is 0 Å². The van der Waals surface area contributed by atoms with Gasteiger partial charge in [-0.25, -0.2) is 0 Å². The third-order valence-corrected chi connectivity index (χ3v) is 2.08. The SMILES string of the molecule is O=C(O)[N+]1(c2ccccc2)C=CC=N1. The Balaban J connectivity index is 2.54. The maximum absolute atomic E-state index is 11.1. The zero-order valence-corrected chi connectivity index (χ0v) is 7.37. The van der Waals surface area contributed by atoms with E-state index in [1.54, 1.807) is 30.3 Å². The molecular weight excluding hydrogens is 180 g/mol. The summed E-state index contributed by atoms with van der Waals surface area (Å²) in [4.78, 5) is 11.1. The van der Waals surface area contributed by atoms with Gasteiger partial charge in [-0.3, -0.25) is 0 Å². The Hall–Kier alpha value is -1.94. The van der Waals surface area contributed by atoms with Crippen LogP contribution < -0.4 is 4.59 Å². The first-order chi connectivity index (χ1) is 6.76. The maximum atomic E-state index is 11.1. The number of carbonyl (C=O) groups is 1. The van der Waals surface area contributed by atoms with Gasteiger partial charge in [-0.15, -0.1) is 0 Å². The molecule has 1 heterocycles. The summed E-state index contributed by atoms with van der Waals surface area (Å²) >= 11 is 0. The largest absolute Gasteiger partial charge is 0.551 e. The summed E-state index contributed by atoms with van der Waals surface area (Å²) in [5, 5.41) is 13.1. The highest BCUT2D eigenvalue weighted by atomic mass is 16.4. The maximum Gasteiger partial charge on any atom is 0.551 e. The molecule has 1 amide bonds. The normalized spacial score (nSPS) is 24.0. The zero-order chi connectivity index (χ0) is 10.0. The first-order valence-electron chi connectivity index (χ1n) is 4.17. The standard InChI is InChI=1S/C10H8N2O2/c13-10(14)12(8-4-7-11-12)9-5-2-1-3-6-9/h1-8H/p+1. The highest BCUT2D eigenvalue weighted by Crippen LogP contribution is 2.26. The van der Waals surface area contributed by atoms with Crippen LogP contribution in [-0.4, -0.2) is 17.4 Å². The van der Waals surface area contributed by atoms with E-state index in [2.05, 4.69) is 5.10 Å². The van der Waals surface area contributed by atoms with Crippen LogP contribution in [0.25, 0.3) is 0 Å². The van der Waals surface area contributed by atoms with Crippen molar-refractivity contribution in [2.75, 3.05) is 0 Å². The number of allylic oxidation sites excluding steroid dienone is 1. The topological polar surface area (TPSA) is 49.7 Å². The molecule has 1 unspecified atom stereocenters. The Morgan fingerprint density at radius 2 is 2.00 bits per heavy atom. The smallest absolute Gasteiger partial charge is 0.433 e. The molecule has 4 heteroatoms. The van der Waals surface area contributed by atoms with Gasteiger partial charge in [0.25, 0.3) is 0 Å². The van der Waals surface area contributed by atoms with Gasteiger partial charge in [0.15, 0.2) is 5.69 Å². The average Bonchev–Trinajstić information content (AvgIpc) is 2.69. The summed E-state index contributed by atoms with van der Waals surface area (Å²) in [6.45, 7) is 0. The molecule has 0 fully saturated rings. The minimum atomic E-state index is -1.01. The van der Waals surface area contributed by atoms with Crippen LogP contribution >= 0.6 is 0 Å². The predicted molar refractivity (Wildman–Crippen MR) is 53.9 cm³/mol. The third kappa shape index (κ3) is 1.13. The summed E-state index contributed by atoms with van der Waals surface area (Å²) in [5.74, 6) is 0. The van der Waals surface area contributed by atoms with Crippen molar-refractivity contribution in [2.24, 2.45) is 5.10 Å². The molecule has 4 nitrogen and oxygen atoms in total. The number of benzene rings is 1. The van der Waals surface area contributed by atoms with E-state index in [9.17, 15) is 4.79 Å². The van der Waals surface area contributed by atoms with Gasteiger partial charge in [-0.05, 0) is 4.59 Å². The van der Waals surface area contributed by atoms with Crippen LogP contribution in [0.15, 0.2) is 47.7 Å². The molecule has 1 aliphatic rings. The van der Waals surface area contributed by atoms with Crippen molar-refractivity contribution in [2.45, 2.75) is 0 Å². The fourth-order valence-electron chi connectivity index (χ4n) is 1.38. The summed E-state index contributed by atoms with van der Waals surface area (Å²) in [5.41, 5.74) is 0.616. The number of hydrogen-bond donors (Lipinski definition) is 1. The molecule has 0 bridgehead atoms. The number of quaternary nitrogens is 1. The molecule has 0 aliphatic carbocycles. The number of amides is 1. The van der Waals surface area contributed by atoms with Crippen LogP contribution in [0.1, 0.15) is 0 Å². The van der Waals surface area contributed by atoms with Crippen LogP contribution in [0, 0.1) is 0 Å². The number of nitrogens with zero attached hydrogens (tertiary/aromatic N) is 2. The van der Waals surface area contributed by atoms with Gasteiger partial charge in [0.1, 0.15) is 6.20 Å². The van der Waals surface area contributed by atoms with Gasteiger partial charge in [0.2, 0.25) is 0 Å². The third-order valence-electron chi connectivity index (χ3n) is 2.08. The van der Waals surface area contributed by atoms with Gasteiger partial charge in [-0.1, -0.05) is 23.3 Å².